The summed E-state index contributed by atoms with van der Waals surface area (Å²) in [5.74, 6) is 0.807. The van der Waals surface area contributed by atoms with E-state index in [9.17, 15) is 14.7 Å². The van der Waals surface area contributed by atoms with E-state index in [0.29, 0.717) is 37.9 Å². The minimum Gasteiger partial charge on any atom is -0.393 e. The summed E-state index contributed by atoms with van der Waals surface area (Å²) in [7, 11) is 0. The lowest BCUT2D eigenvalue weighted by molar-refractivity contribution is -0.231. The second kappa shape index (κ2) is 6.12. The predicted molar refractivity (Wildman–Crippen MR) is 102 cm³/mol. The highest BCUT2D eigenvalue weighted by molar-refractivity contribution is 5.87. The lowest BCUT2D eigenvalue weighted by Gasteiger charge is -2.62. The highest BCUT2D eigenvalue weighted by atomic mass is 16.7. The Hall–Kier alpha value is -0.780. The molecule has 4 saturated carbocycles. The Kier molecular flexibility index (Phi) is 4.19. The first-order chi connectivity index (χ1) is 13.2. The van der Waals surface area contributed by atoms with E-state index in [-0.39, 0.29) is 34.7 Å². The average Bonchev–Trinajstić information content (AvgIpc) is 3.20. The Morgan fingerprint density at radius 1 is 1.07 bits per heavy atom. The Morgan fingerprint density at radius 2 is 1.79 bits per heavy atom. The smallest absolute Gasteiger partial charge is 0.175 e. The number of carbonyl (C=O) groups is 2. The molecule has 4 aliphatic carbocycles. The van der Waals surface area contributed by atoms with Crippen LogP contribution < -0.4 is 0 Å². The molecule has 0 aromatic carbocycles. The van der Waals surface area contributed by atoms with Gasteiger partial charge in [-0.15, -0.1) is 0 Å². The first-order valence-corrected chi connectivity index (χ1v) is 11.2. The van der Waals surface area contributed by atoms with Crippen LogP contribution in [0.15, 0.2) is 0 Å². The van der Waals surface area contributed by atoms with Crippen molar-refractivity contribution in [3.05, 3.63) is 0 Å². The standard InChI is InChI=1S/C23H34O5/c1-13(24)16-6-7-17-15-5-4-14-10-23(27-8-9-28-23)12-19(26)22(14,3)20(15)18(25)11-21(16,17)2/h14-18,20,25H,4-12H2,1-3H3/t14-,15+,16-,17+,18-,20-,21+,22+/m0/s1. The van der Waals surface area contributed by atoms with E-state index < -0.39 is 17.3 Å². The molecular formula is C23H34O5. The SMILES string of the molecule is CC(=O)[C@@H]1CC[C@@H]2[C@H]3CC[C@H]4CC5(CC(=O)[C@]4(C)[C@@H]3[C@@H](O)C[C@@]21C)OCCO5. The van der Waals surface area contributed by atoms with E-state index in [1.54, 1.807) is 6.92 Å². The molecule has 1 heterocycles. The van der Waals surface area contributed by atoms with Gasteiger partial charge in [-0.05, 0) is 62.2 Å². The van der Waals surface area contributed by atoms with Crippen LogP contribution in [-0.2, 0) is 19.1 Å². The Labute approximate surface area is 167 Å². The zero-order valence-electron chi connectivity index (χ0n) is 17.4. The van der Waals surface area contributed by atoms with Gasteiger partial charge < -0.3 is 14.6 Å². The van der Waals surface area contributed by atoms with Gasteiger partial charge in [-0.25, -0.2) is 0 Å². The van der Waals surface area contributed by atoms with Crippen molar-refractivity contribution < 1.29 is 24.2 Å². The van der Waals surface area contributed by atoms with Crippen molar-refractivity contribution in [3.63, 3.8) is 0 Å². The number of ketones is 2. The zero-order valence-corrected chi connectivity index (χ0v) is 17.4. The lowest BCUT2D eigenvalue weighted by atomic mass is 9.43. The molecule has 0 aromatic rings. The van der Waals surface area contributed by atoms with E-state index in [0.717, 1.165) is 32.1 Å². The normalized spacial score (nSPS) is 52.2. The maximum absolute atomic E-state index is 13.5. The largest absolute Gasteiger partial charge is 0.393 e. The number of fused-ring (bicyclic) bond motifs is 5. The van der Waals surface area contributed by atoms with Crippen molar-refractivity contribution in [2.45, 2.75) is 77.6 Å². The van der Waals surface area contributed by atoms with Crippen molar-refractivity contribution in [2.75, 3.05) is 13.2 Å². The third-order valence-electron chi connectivity index (χ3n) is 9.73. The van der Waals surface area contributed by atoms with Crippen LogP contribution in [0.2, 0.25) is 0 Å². The fraction of sp³-hybridized carbons (Fsp3) is 0.913. The second-order valence-electron chi connectivity index (χ2n) is 10.8. The molecule has 8 atom stereocenters. The van der Waals surface area contributed by atoms with E-state index in [4.69, 9.17) is 9.47 Å². The van der Waals surface area contributed by atoms with E-state index in [2.05, 4.69) is 13.8 Å². The quantitative estimate of drug-likeness (QED) is 0.745. The number of hydrogen-bond acceptors (Lipinski definition) is 5. The molecule has 0 bridgehead atoms. The molecule has 1 saturated heterocycles. The molecule has 1 spiro atoms. The zero-order chi connectivity index (χ0) is 19.9. The van der Waals surface area contributed by atoms with Crippen molar-refractivity contribution in [3.8, 4) is 0 Å². The summed E-state index contributed by atoms with van der Waals surface area (Å²) in [6.45, 7) is 7.18. The van der Waals surface area contributed by atoms with Crippen LogP contribution in [0.5, 0.6) is 0 Å². The lowest BCUT2D eigenvalue weighted by Crippen LogP contribution is -2.64. The average molecular weight is 391 g/mol. The van der Waals surface area contributed by atoms with Gasteiger partial charge in [0.05, 0.1) is 25.7 Å². The summed E-state index contributed by atoms with van der Waals surface area (Å²) in [4.78, 5) is 25.8. The number of ether oxygens (including phenoxy) is 2. The van der Waals surface area contributed by atoms with Crippen LogP contribution in [0.3, 0.4) is 0 Å². The maximum Gasteiger partial charge on any atom is 0.175 e. The van der Waals surface area contributed by atoms with E-state index in [1.165, 1.54) is 0 Å². The molecule has 5 heteroatoms. The number of hydrogen-bond donors (Lipinski definition) is 1. The van der Waals surface area contributed by atoms with Crippen LogP contribution in [0.4, 0.5) is 0 Å². The van der Waals surface area contributed by atoms with Crippen LogP contribution in [-0.4, -0.2) is 41.8 Å². The minimum absolute atomic E-state index is 0.00119. The summed E-state index contributed by atoms with van der Waals surface area (Å²) in [5, 5.41) is 11.4. The van der Waals surface area contributed by atoms with Crippen LogP contribution in [0, 0.1) is 40.4 Å². The predicted octanol–water partition coefficient (Wildman–Crippen LogP) is 3.13. The van der Waals surface area contributed by atoms with Gasteiger partial charge in [0.1, 0.15) is 11.6 Å². The van der Waals surface area contributed by atoms with Gasteiger partial charge in [-0.2, -0.15) is 0 Å². The van der Waals surface area contributed by atoms with Gasteiger partial charge >= 0.3 is 0 Å². The molecule has 1 aliphatic heterocycles. The number of aliphatic hydroxyl groups is 1. The molecule has 0 radical (unpaired) electrons. The first-order valence-electron chi connectivity index (χ1n) is 11.2. The van der Waals surface area contributed by atoms with E-state index in [1.807, 2.05) is 0 Å². The van der Waals surface area contributed by atoms with Crippen LogP contribution in [0.25, 0.3) is 0 Å². The van der Waals surface area contributed by atoms with Crippen LogP contribution >= 0.6 is 0 Å². The summed E-state index contributed by atoms with van der Waals surface area (Å²) in [6, 6.07) is 0. The van der Waals surface area contributed by atoms with Gasteiger partial charge in [0, 0.05) is 23.7 Å². The van der Waals surface area contributed by atoms with Crippen molar-refractivity contribution in [2.24, 2.45) is 40.4 Å². The molecule has 5 fully saturated rings. The van der Waals surface area contributed by atoms with Gasteiger partial charge in [-0.1, -0.05) is 13.8 Å². The Morgan fingerprint density at radius 3 is 2.46 bits per heavy atom. The molecule has 1 N–H and O–H groups in total. The van der Waals surface area contributed by atoms with Gasteiger partial charge in [-0.3, -0.25) is 9.59 Å². The Balaban J connectivity index is 1.49. The molecular weight excluding hydrogens is 356 g/mol. The second-order valence-corrected chi connectivity index (χ2v) is 10.8. The van der Waals surface area contributed by atoms with Gasteiger partial charge in [0.15, 0.2) is 5.79 Å². The minimum atomic E-state index is -0.713. The first kappa shape index (κ1) is 19.2. The summed E-state index contributed by atoms with van der Waals surface area (Å²) < 4.78 is 11.8. The number of Topliss-reactive ketones (excluding diaryl/α,β-unsaturated/α-hetero) is 2. The Bertz CT molecular complexity index is 697. The highest BCUT2D eigenvalue weighted by Crippen LogP contribution is 2.67. The third kappa shape index (κ3) is 2.36. The molecule has 5 rings (SSSR count). The summed E-state index contributed by atoms with van der Waals surface area (Å²) >= 11 is 0. The maximum atomic E-state index is 13.5. The molecule has 5 aliphatic rings. The van der Waals surface area contributed by atoms with Gasteiger partial charge in [0.25, 0.3) is 0 Å². The number of aliphatic hydroxyl groups excluding tert-OH is 1. The fourth-order valence-electron chi connectivity index (χ4n) is 8.56. The van der Waals surface area contributed by atoms with Crippen LogP contribution in [0.1, 0.15) is 65.7 Å². The van der Waals surface area contributed by atoms with Crippen molar-refractivity contribution in [1.82, 2.24) is 0 Å². The molecule has 0 amide bonds. The third-order valence-corrected chi connectivity index (χ3v) is 9.73. The molecule has 0 aromatic heterocycles. The van der Waals surface area contributed by atoms with Crippen molar-refractivity contribution in [1.29, 1.82) is 0 Å². The molecule has 156 valence electrons. The summed E-state index contributed by atoms with van der Waals surface area (Å²) in [6.07, 6.45) is 5.24. The topological polar surface area (TPSA) is 72.8 Å². The highest BCUT2D eigenvalue weighted by Gasteiger charge is 2.67. The molecule has 0 unspecified atom stereocenters. The molecule has 28 heavy (non-hydrogen) atoms. The monoisotopic (exact) mass is 390 g/mol. The van der Waals surface area contributed by atoms with Gasteiger partial charge in [0.2, 0.25) is 0 Å². The fourth-order valence-corrected chi connectivity index (χ4v) is 8.56. The van der Waals surface area contributed by atoms with Crippen molar-refractivity contribution >= 4 is 11.6 Å². The number of rotatable bonds is 1. The summed E-state index contributed by atoms with van der Waals surface area (Å²) in [5.41, 5.74) is -0.620. The molecule has 5 nitrogen and oxygen atoms in total. The van der Waals surface area contributed by atoms with E-state index >= 15 is 0 Å². The number of carbonyl (C=O) groups excluding carboxylic acids is 2.